The molecule has 6 heteroatoms. The van der Waals surface area contributed by atoms with Gasteiger partial charge >= 0.3 is 0 Å². The smallest absolute Gasteiger partial charge is 0.0701 e. The van der Waals surface area contributed by atoms with Crippen LogP contribution < -0.4 is 5.73 Å². The number of nitrogens with two attached hydrogens (primary N) is 1. The van der Waals surface area contributed by atoms with Gasteiger partial charge in [0.25, 0.3) is 0 Å². The van der Waals surface area contributed by atoms with Crippen molar-refractivity contribution in [1.29, 1.82) is 0 Å². The highest BCUT2D eigenvalue weighted by Crippen LogP contribution is 2.27. The molecule has 1 unspecified atom stereocenters. The SMILES string of the molecule is Nc1ccc(S(=O)Cc2ccc(Br)s2)c(Cl)c1. The molecule has 0 aliphatic carbocycles. The number of halogens is 2. The van der Waals surface area contributed by atoms with E-state index < -0.39 is 10.8 Å². The summed E-state index contributed by atoms with van der Waals surface area (Å²) in [4.78, 5) is 1.69. The number of rotatable bonds is 3. The van der Waals surface area contributed by atoms with Crippen LogP contribution in [0.4, 0.5) is 5.69 Å². The lowest BCUT2D eigenvalue weighted by molar-refractivity contribution is 0.683. The molecule has 1 aromatic carbocycles. The summed E-state index contributed by atoms with van der Waals surface area (Å²) in [6, 6.07) is 8.96. The lowest BCUT2D eigenvalue weighted by atomic mass is 10.3. The zero-order chi connectivity index (χ0) is 12.4. The molecule has 17 heavy (non-hydrogen) atoms. The fraction of sp³-hybridized carbons (Fsp3) is 0.0909. The Labute approximate surface area is 119 Å². The van der Waals surface area contributed by atoms with Gasteiger partial charge in [-0.15, -0.1) is 11.3 Å². The highest BCUT2D eigenvalue weighted by Gasteiger charge is 2.11. The van der Waals surface area contributed by atoms with Gasteiger partial charge in [0, 0.05) is 10.6 Å². The van der Waals surface area contributed by atoms with Crippen LogP contribution in [-0.2, 0) is 16.6 Å². The summed E-state index contributed by atoms with van der Waals surface area (Å²) >= 11 is 11.0. The van der Waals surface area contributed by atoms with Crippen LogP contribution in [0, 0.1) is 0 Å². The van der Waals surface area contributed by atoms with Crippen LogP contribution in [0.5, 0.6) is 0 Å². The van der Waals surface area contributed by atoms with Crippen LogP contribution in [0.1, 0.15) is 4.88 Å². The van der Waals surface area contributed by atoms with Gasteiger partial charge in [-0.05, 0) is 46.3 Å². The molecule has 0 saturated heterocycles. The van der Waals surface area contributed by atoms with Crippen LogP contribution in [0.25, 0.3) is 0 Å². The Morgan fingerprint density at radius 3 is 2.71 bits per heavy atom. The maximum Gasteiger partial charge on any atom is 0.0701 e. The first-order chi connectivity index (χ1) is 8.06. The lowest BCUT2D eigenvalue weighted by Gasteiger charge is -2.04. The molecule has 0 amide bonds. The summed E-state index contributed by atoms with van der Waals surface area (Å²) in [5.74, 6) is 0.472. The fourth-order valence-electron chi connectivity index (χ4n) is 1.34. The molecule has 2 aromatic rings. The van der Waals surface area contributed by atoms with Gasteiger partial charge in [0.1, 0.15) is 0 Å². The van der Waals surface area contributed by atoms with E-state index in [1.807, 2.05) is 12.1 Å². The van der Waals surface area contributed by atoms with Crippen molar-refractivity contribution in [3.8, 4) is 0 Å². The summed E-state index contributed by atoms with van der Waals surface area (Å²) in [7, 11) is -1.14. The summed E-state index contributed by atoms with van der Waals surface area (Å²) in [6.07, 6.45) is 0. The minimum atomic E-state index is -1.14. The molecule has 0 spiro atoms. The van der Waals surface area contributed by atoms with Crippen LogP contribution in [0.15, 0.2) is 39.0 Å². The van der Waals surface area contributed by atoms with E-state index in [0.29, 0.717) is 21.4 Å². The van der Waals surface area contributed by atoms with Crippen molar-refractivity contribution < 1.29 is 4.21 Å². The Balaban J connectivity index is 2.20. The Bertz CT molecular complexity index is 570. The molecule has 2 nitrogen and oxygen atoms in total. The molecule has 1 heterocycles. The molecular weight excluding hydrogens is 342 g/mol. The lowest BCUT2D eigenvalue weighted by Crippen LogP contribution is -1.96. The van der Waals surface area contributed by atoms with Crippen molar-refractivity contribution >= 4 is 55.4 Å². The molecular formula is C11H9BrClNOS2. The summed E-state index contributed by atoms with van der Waals surface area (Å²) in [6.45, 7) is 0. The first-order valence-electron chi connectivity index (χ1n) is 4.74. The maximum atomic E-state index is 12.1. The van der Waals surface area contributed by atoms with Gasteiger partial charge in [0.15, 0.2) is 0 Å². The summed E-state index contributed by atoms with van der Waals surface area (Å²) in [5.41, 5.74) is 6.17. The van der Waals surface area contributed by atoms with E-state index in [0.717, 1.165) is 8.66 Å². The molecule has 0 radical (unpaired) electrons. The summed E-state index contributed by atoms with van der Waals surface area (Å²) in [5, 5.41) is 0.457. The Morgan fingerprint density at radius 1 is 1.35 bits per heavy atom. The molecule has 0 bridgehead atoms. The van der Waals surface area contributed by atoms with Crippen molar-refractivity contribution in [2.75, 3.05) is 5.73 Å². The van der Waals surface area contributed by atoms with Crippen molar-refractivity contribution in [2.45, 2.75) is 10.6 Å². The normalized spacial score (nSPS) is 12.6. The number of benzene rings is 1. The van der Waals surface area contributed by atoms with Crippen molar-refractivity contribution in [3.05, 3.63) is 44.0 Å². The van der Waals surface area contributed by atoms with Crippen LogP contribution in [0.2, 0.25) is 5.02 Å². The van der Waals surface area contributed by atoms with Crippen LogP contribution >= 0.6 is 38.9 Å². The first kappa shape index (κ1) is 13.1. The van der Waals surface area contributed by atoms with Gasteiger partial charge < -0.3 is 5.73 Å². The number of hydrogen-bond donors (Lipinski definition) is 1. The van der Waals surface area contributed by atoms with Crippen molar-refractivity contribution in [2.24, 2.45) is 0 Å². The van der Waals surface area contributed by atoms with E-state index in [-0.39, 0.29) is 0 Å². The predicted octanol–water partition coefficient (Wildman–Crippen LogP) is 4.05. The molecule has 2 rings (SSSR count). The summed E-state index contributed by atoms with van der Waals surface area (Å²) < 4.78 is 13.2. The standard InChI is InChI=1S/C11H9BrClNOS2/c12-11-4-2-8(16-11)6-17(15)10-3-1-7(14)5-9(10)13/h1-5H,6,14H2. The number of hydrogen-bond acceptors (Lipinski definition) is 3. The molecule has 1 atom stereocenters. The van der Waals surface area contributed by atoms with Crippen molar-refractivity contribution in [1.82, 2.24) is 0 Å². The van der Waals surface area contributed by atoms with E-state index in [2.05, 4.69) is 15.9 Å². The third kappa shape index (κ3) is 3.31. The van der Waals surface area contributed by atoms with E-state index in [1.165, 1.54) is 0 Å². The van der Waals surface area contributed by atoms with Crippen LogP contribution in [-0.4, -0.2) is 4.21 Å². The maximum absolute atomic E-state index is 12.1. The minimum Gasteiger partial charge on any atom is -0.399 e. The van der Waals surface area contributed by atoms with E-state index in [1.54, 1.807) is 29.5 Å². The van der Waals surface area contributed by atoms with Gasteiger partial charge in [-0.2, -0.15) is 0 Å². The Kier molecular flexibility index (Phi) is 4.25. The molecule has 1 aromatic heterocycles. The van der Waals surface area contributed by atoms with Gasteiger partial charge in [-0.25, -0.2) is 0 Å². The molecule has 0 aliphatic rings. The van der Waals surface area contributed by atoms with Crippen molar-refractivity contribution in [3.63, 3.8) is 0 Å². The Hall–Kier alpha value is -0.360. The molecule has 0 aliphatic heterocycles. The number of nitrogen functional groups attached to an aromatic ring is 1. The van der Waals surface area contributed by atoms with Gasteiger partial charge in [-0.1, -0.05) is 11.6 Å². The van der Waals surface area contributed by atoms with Crippen LogP contribution in [0.3, 0.4) is 0 Å². The van der Waals surface area contributed by atoms with Gasteiger partial charge in [0.05, 0.1) is 30.3 Å². The third-order valence-electron chi connectivity index (χ3n) is 2.10. The topological polar surface area (TPSA) is 43.1 Å². The van der Waals surface area contributed by atoms with Gasteiger partial charge in [-0.3, -0.25) is 4.21 Å². The zero-order valence-electron chi connectivity index (χ0n) is 8.65. The second kappa shape index (κ2) is 5.52. The predicted molar refractivity (Wildman–Crippen MR) is 78.0 cm³/mol. The van der Waals surface area contributed by atoms with E-state index in [9.17, 15) is 4.21 Å². The average Bonchev–Trinajstić information content (AvgIpc) is 2.63. The van der Waals surface area contributed by atoms with Gasteiger partial charge in [0.2, 0.25) is 0 Å². The quantitative estimate of drug-likeness (QED) is 0.848. The fourth-order valence-corrected chi connectivity index (χ4v) is 4.63. The highest BCUT2D eigenvalue weighted by atomic mass is 79.9. The molecule has 2 N–H and O–H groups in total. The number of thiophene rings is 1. The Morgan fingerprint density at radius 2 is 2.12 bits per heavy atom. The minimum absolute atomic E-state index is 0.457. The van der Waals surface area contributed by atoms with E-state index in [4.69, 9.17) is 17.3 Å². The molecule has 0 fully saturated rings. The van der Waals surface area contributed by atoms with E-state index >= 15 is 0 Å². The number of anilines is 1. The molecule has 0 saturated carbocycles. The monoisotopic (exact) mass is 349 g/mol. The average molecular weight is 351 g/mol. The third-order valence-corrected chi connectivity index (χ3v) is 5.75. The second-order valence-corrected chi connectivity index (χ2v) is 7.76. The largest absolute Gasteiger partial charge is 0.399 e. The second-order valence-electron chi connectivity index (χ2n) is 3.39. The molecule has 90 valence electrons. The zero-order valence-corrected chi connectivity index (χ0v) is 12.6. The first-order valence-corrected chi connectivity index (χ1v) is 8.04. The highest BCUT2D eigenvalue weighted by molar-refractivity contribution is 9.11.